The Balaban J connectivity index is 1.44. The third kappa shape index (κ3) is 5.72. The molecule has 0 saturated carbocycles. The molecule has 5 heteroatoms. The molecule has 144 valence electrons. The summed E-state index contributed by atoms with van der Waals surface area (Å²) in [6, 6.07) is 14.2. The van der Waals surface area contributed by atoms with Crippen LogP contribution in [0.4, 0.5) is 0 Å². The van der Waals surface area contributed by atoms with E-state index in [1.165, 1.54) is 5.56 Å². The van der Waals surface area contributed by atoms with E-state index in [2.05, 4.69) is 22.3 Å². The van der Waals surface area contributed by atoms with Gasteiger partial charge in [0.15, 0.2) is 0 Å². The fraction of sp³-hybridized carbons (Fsp3) is 0.409. The zero-order valence-corrected chi connectivity index (χ0v) is 16.8. The second-order valence-corrected chi connectivity index (χ2v) is 7.66. The van der Waals surface area contributed by atoms with Crippen molar-refractivity contribution in [1.29, 1.82) is 0 Å². The van der Waals surface area contributed by atoms with Gasteiger partial charge >= 0.3 is 0 Å². The Morgan fingerprint density at radius 3 is 2.48 bits per heavy atom. The van der Waals surface area contributed by atoms with Gasteiger partial charge in [-0.2, -0.15) is 0 Å². The normalized spacial score (nSPS) is 15.5. The number of aryl methyl sites for hydroxylation is 1. The van der Waals surface area contributed by atoms with Crippen molar-refractivity contribution >= 4 is 17.5 Å². The van der Waals surface area contributed by atoms with Crippen LogP contribution in [0, 0.1) is 6.92 Å². The molecule has 1 fully saturated rings. The van der Waals surface area contributed by atoms with Gasteiger partial charge in [0.05, 0.1) is 13.5 Å². The van der Waals surface area contributed by atoms with Gasteiger partial charge in [-0.25, -0.2) is 0 Å². The maximum atomic E-state index is 12.4. The summed E-state index contributed by atoms with van der Waals surface area (Å²) in [6.45, 7) is 4.92. The third-order valence-corrected chi connectivity index (χ3v) is 5.36. The van der Waals surface area contributed by atoms with Crippen molar-refractivity contribution in [2.24, 2.45) is 0 Å². The van der Waals surface area contributed by atoms with E-state index in [0.717, 1.165) is 54.4 Å². The van der Waals surface area contributed by atoms with Crippen LogP contribution < -0.4 is 10.1 Å². The number of nitrogens with zero attached hydrogens (tertiary/aromatic N) is 1. The van der Waals surface area contributed by atoms with E-state index in [9.17, 15) is 4.79 Å². The highest BCUT2D eigenvalue weighted by atomic mass is 35.5. The van der Waals surface area contributed by atoms with Gasteiger partial charge in [0, 0.05) is 30.7 Å². The Hall–Kier alpha value is -2.04. The van der Waals surface area contributed by atoms with Crippen LogP contribution >= 0.6 is 11.6 Å². The first-order chi connectivity index (χ1) is 13.0. The molecule has 0 aliphatic carbocycles. The Morgan fingerprint density at radius 1 is 1.15 bits per heavy atom. The van der Waals surface area contributed by atoms with Crippen molar-refractivity contribution in [3.05, 3.63) is 64.2 Å². The van der Waals surface area contributed by atoms with Crippen LogP contribution in [0.5, 0.6) is 5.75 Å². The molecule has 4 nitrogen and oxygen atoms in total. The molecule has 2 aromatic rings. The minimum atomic E-state index is 0.0806. The van der Waals surface area contributed by atoms with Gasteiger partial charge in [0.25, 0.3) is 0 Å². The average Bonchev–Trinajstić information content (AvgIpc) is 2.66. The zero-order chi connectivity index (χ0) is 19.2. The first kappa shape index (κ1) is 19.7. The summed E-state index contributed by atoms with van der Waals surface area (Å²) >= 11 is 5.94. The van der Waals surface area contributed by atoms with Crippen molar-refractivity contribution in [3.63, 3.8) is 0 Å². The number of halogens is 1. The van der Waals surface area contributed by atoms with E-state index >= 15 is 0 Å². The number of piperidine rings is 1. The van der Waals surface area contributed by atoms with E-state index in [1.807, 2.05) is 37.3 Å². The molecule has 3 rings (SSSR count). The minimum absolute atomic E-state index is 0.0806. The van der Waals surface area contributed by atoms with Crippen LogP contribution in [-0.2, 0) is 17.8 Å². The second kappa shape index (κ2) is 9.25. The molecule has 1 heterocycles. The third-order valence-electron chi connectivity index (χ3n) is 5.11. The molecule has 1 amide bonds. The van der Waals surface area contributed by atoms with E-state index in [4.69, 9.17) is 16.3 Å². The molecule has 0 aromatic heterocycles. The molecule has 0 spiro atoms. The fourth-order valence-corrected chi connectivity index (χ4v) is 3.65. The molecule has 0 atom stereocenters. The number of methoxy groups -OCH3 is 1. The highest BCUT2D eigenvalue weighted by molar-refractivity contribution is 6.30. The number of benzene rings is 2. The number of carbonyl (C=O) groups is 1. The van der Waals surface area contributed by atoms with Crippen LogP contribution in [0.1, 0.15) is 29.5 Å². The second-order valence-electron chi connectivity index (χ2n) is 7.23. The van der Waals surface area contributed by atoms with Crippen LogP contribution in [0.2, 0.25) is 5.02 Å². The summed E-state index contributed by atoms with van der Waals surface area (Å²) in [7, 11) is 1.66. The van der Waals surface area contributed by atoms with E-state index in [0.29, 0.717) is 6.42 Å². The summed E-state index contributed by atoms with van der Waals surface area (Å²) < 4.78 is 5.34. The predicted molar refractivity (Wildman–Crippen MR) is 109 cm³/mol. The molecule has 0 radical (unpaired) electrons. The average molecular weight is 387 g/mol. The SMILES string of the molecule is COc1cc(CC(=O)NC2CCN(Cc3ccc(Cl)cc3)CC2)ccc1C. The minimum Gasteiger partial charge on any atom is -0.496 e. The molecule has 1 aliphatic heterocycles. The summed E-state index contributed by atoms with van der Waals surface area (Å²) in [5, 5.41) is 3.96. The lowest BCUT2D eigenvalue weighted by Gasteiger charge is -2.32. The standard InChI is InChI=1S/C22H27ClN2O2/c1-16-3-4-18(13-21(16)27-2)14-22(26)24-20-9-11-25(12-10-20)15-17-5-7-19(23)8-6-17/h3-8,13,20H,9-12,14-15H2,1-2H3,(H,24,26). The Labute approximate surface area is 166 Å². The Morgan fingerprint density at radius 2 is 1.81 bits per heavy atom. The van der Waals surface area contributed by atoms with Crippen LogP contribution in [0.3, 0.4) is 0 Å². The number of ether oxygens (including phenoxy) is 1. The first-order valence-corrected chi connectivity index (χ1v) is 9.81. The van der Waals surface area contributed by atoms with Gasteiger partial charge in [-0.15, -0.1) is 0 Å². The van der Waals surface area contributed by atoms with Gasteiger partial charge in [-0.05, 0) is 54.7 Å². The van der Waals surface area contributed by atoms with Crippen molar-refractivity contribution in [2.45, 2.75) is 38.8 Å². The lowest BCUT2D eigenvalue weighted by Crippen LogP contribution is -2.44. The van der Waals surface area contributed by atoms with Crippen LogP contribution in [-0.4, -0.2) is 37.0 Å². The maximum Gasteiger partial charge on any atom is 0.224 e. The van der Waals surface area contributed by atoms with Gasteiger partial charge in [-0.3, -0.25) is 9.69 Å². The summed E-state index contributed by atoms with van der Waals surface area (Å²) in [5.74, 6) is 0.910. The van der Waals surface area contributed by atoms with E-state index in [1.54, 1.807) is 7.11 Å². The summed E-state index contributed by atoms with van der Waals surface area (Å²) in [4.78, 5) is 14.8. The highest BCUT2D eigenvalue weighted by Crippen LogP contribution is 2.20. The molecule has 27 heavy (non-hydrogen) atoms. The first-order valence-electron chi connectivity index (χ1n) is 9.43. The molecular formula is C22H27ClN2O2. The van der Waals surface area contributed by atoms with E-state index < -0.39 is 0 Å². The number of hydrogen-bond acceptors (Lipinski definition) is 3. The molecule has 1 saturated heterocycles. The summed E-state index contributed by atoms with van der Waals surface area (Å²) in [5.41, 5.74) is 3.33. The molecule has 2 aromatic carbocycles. The largest absolute Gasteiger partial charge is 0.496 e. The lowest BCUT2D eigenvalue weighted by molar-refractivity contribution is -0.121. The number of carbonyl (C=O) groups excluding carboxylic acids is 1. The number of likely N-dealkylation sites (tertiary alicyclic amines) is 1. The fourth-order valence-electron chi connectivity index (χ4n) is 3.52. The number of nitrogens with one attached hydrogen (secondary N) is 1. The molecule has 1 aliphatic rings. The lowest BCUT2D eigenvalue weighted by atomic mass is 10.0. The topological polar surface area (TPSA) is 41.6 Å². The molecule has 0 unspecified atom stereocenters. The van der Waals surface area contributed by atoms with Gasteiger partial charge in [0.1, 0.15) is 5.75 Å². The van der Waals surface area contributed by atoms with Gasteiger partial charge < -0.3 is 10.1 Å². The van der Waals surface area contributed by atoms with Crippen molar-refractivity contribution < 1.29 is 9.53 Å². The number of hydrogen-bond donors (Lipinski definition) is 1. The smallest absolute Gasteiger partial charge is 0.224 e. The van der Waals surface area contributed by atoms with E-state index in [-0.39, 0.29) is 11.9 Å². The Bertz CT molecular complexity index is 768. The molecule has 0 bridgehead atoms. The number of amides is 1. The maximum absolute atomic E-state index is 12.4. The quantitative estimate of drug-likeness (QED) is 0.816. The van der Waals surface area contributed by atoms with Crippen LogP contribution in [0.25, 0.3) is 0 Å². The van der Waals surface area contributed by atoms with Crippen molar-refractivity contribution in [2.75, 3.05) is 20.2 Å². The highest BCUT2D eigenvalue weighted by Gasteiger charge is 2.21. The zero-order valence-electron chi connectivity index (χ0n) is 16.0. The van der Waals surface area contributed by atoms with Crippen LogP contribution in [0.15, 0.2) is 42.5 Å². The predicted octanol–water partition coefficient (Wildman–Crippen LogP) is 3.98. The van der Waals surface area contributed by atoms with Crippen molar-refractivity contribution in [1.82, 2.24) is 10.2 Å². The van der Waals surface area contributed by atoms with Gasteiger partial charge in [0.2, 0.25) is 5.91 Å². The van der Waals surface area contributed by atoms with Gasteiger partial charge in [-0.1, -0.05) is 35.9 Å². The Kier molecular flexibility index (Phi) is 6.75. The molecule has 1 N–H and O–H groups in total. The number of rotatable bonds is 6. The molecular weight excluding hydrogens is 360 g/mol. The monoisotopic (exact) mass is 386 g/mol. The summed E-state index contributed by atoms with van der Waals surface area (Å²) in [6.07, 6.45) is 2.36. The van der Waals surface area contributed by atoms with Crippen molar-refractivity contribution in [3.8, 4) is 5.75 Å².